The van der Waals surface area contributed by atoms with Crippen LogP contribution in [0.3, 0.4) is 0 Å². The van der Waals surface area contributed by atoms with Gasteiger partial charge in [-0.05, 0) is 26.0 Å². The van der Waals surface area contributed by atoms with Crippen molar-refractivity contribution in [1.82, 2.24) is 15.4 Å². The molecule has 7 nitrogen and oxygen atoms in total. The van der Waals surface area contributed by atoms with Crippen molar-refractivity contribution in [2.75, 3.05) is 21.3 Å². The summed E-state index contributed by atoms with van der Waals surface area (Å²) in [5.41, 5.74) is 1.43. The van der Waals surface area contributed by atoms with Crippen LogP contribution in [0.4, 0.5) is 4.79 Å². The quantitative estimate of drug-likeness (QED) is 0.879. The molecule has 0 fully saturated rings. The Morgan fingerprint density at radius 1 is 1.29 bits per heavy atom. The molecule has 1 heterocycles. The smallest absolute Gasteiger partial charge is 0.317 e. The largest absolute Gasteiger partial charge is 0.497 e. The van der Waals surface area contributed by atoms with Crippen molar-refractivity contribution in [1.29, 1.82) is 0 Å². The van der Waals surface area contributed by atoms with Crippen LogP contribution < -0.4 is 14.8 Å². The number of carbonyl (C=O) groups is 1. The first-order valence-corrected chi connectivity index (χ1v) is 7.64. The van der Waals surface area contributed by atoms with E-state index in [-0.39, 0.29) is 12.1 Å². The number of nitrogens with zero attached hydrogens (tertiary/aromatic N) is 2. The topological polar surface area (TPSA) is 76.8 Å². The maximum Gasteiger partial charge on any atom is 0.317 e. The van der Waals surface area contributed by atoms with E-state index in [0.29, 0.717) is 29.5 Å². The van der Waals surface area contributed by atoms with Crippen LogP contribution in [-0.2, 0) is 6.54 Å². The predicted molar refractivity (Wildman–Crippen MR) is 90.2 cm³/mol. The van der Waals surface area contributed by atoms with Gasteiger partial charge in [0.15, 0.2) is 5.76 Å². The van der Waals surface area contributed by atoms with Crippen molar-refractivity contribution in [2.24, 2.45) is 0 Å². The van der Waals surface area contributed by atoms with E-state index in [4.69, 9.17) is 14.0 Å². The van der Waals surface area contributed by atoms with Crippen LogP contribution in [0.2, 0.25) is 0 Å². The van der Waals surface area contributed by atoms with Crippen molar-refractivity contribution in [3.8, 4) is 22.8 Å². The number of hydrogen-bond acceptors (Lipinski definition) is 5. The summed E-state index contributed by atoms with van der Waals surface area (Å²) in [4.78, 5) is 13.5. The molecule has 0 saturated carbocycles. The van der Waals surface area contributed by atoms with Crippen molar-refractivity contribution in [2.45, 2.75) is 26.4 Å². The fourth-order valence-electron chi connectivity index (χ4n) is 2.19. The highest BCUT2D eigenvalue weighted by Crippen LogP contribution is 2.33. The molecule has 0 radical (unpaired) electrons. The van der Waals surface area contributed by atoms with Crippen LogP contribution in [0.15, 0.2) is 28.8 Å². The Balaban J connectivity index is 2.15. The second kappa shape index (κ2) is 7.72. The van der Waals surface area contributed by atoms with Crippen LogP contribution in [0.5, 0.6) is 11.5 Å². The predicted octanol–water partition coefficient (Wildman–Crippen LogP) is 2.91. The summed E-state index contributed by atoms with van der Waals surface area (Å²) >= 11 is 0. The molecular weight excluding hydrogens is 310 g/mol. The zero-order valence-corrected chi connectivity index (χ0v) is 14.6. The highest BCUT2D eigenvalue weighted by Gasteiger charge is 2.16. The molecule has 7 heteroatoms. The summed E-state index contributed by atoms with van der Waals surface area (Å²) in [6, 6.07) is 7.16. The molecule has 1 aromatic heterocycles. The number of nitrogens with one attached hydrogen (secondary N) is 1. The molecule has 2 aromatic rings. The van der Waals surface area contributed by atoms with Gasteiger partial charge in [-0.1, -0.05) is 5.16 Å². The number of aromatic nitrogens is 1. The number of benzene rings is 1. The lowest BCUT2D eigenvalue weighted by molar-refractivity contribution is 0.203. The van der Waals surface area contributed by atoms with E-state index in [1.54, 1.807) is 38.3 Å². The van der Waals surface area contributed by atoms with Crippen LogP contribution in [-0.4, -0.2) is 43.4 Å². The molecule has 0 atom stereocenters. The molecular formula is C17H23N3O4. The van der Waals surface area contributed by atoms with Crippen LogP contribution in [0.1, 0.15) is 19.5 Å². The highest BCUT2D eigenvalue weighted by molar-refractivity contribution is 5.74. The van der Waals surface area contributed by atoms with Gasteiger partial charge in [-0.3, -0.25) is 0 Å². The molecule has 0 saturated heterocycles. The third-order valence-electron chi connectivity index (χ3n) is 3.39. The minimum atomic E-state index is -0.156. The highest BCUT2D eigenvalue weighted by atomic mass is 16.5. The van der Waals surface area contributed by atoms with E-state index < -0.39 is 0 Å². The first-order valence-electron chi connectivity index (χ1n) is 7.64. The first-order chi connectivity index (χ1) is 11.4. The third kappa shape index (κ3) is 4.18. The van der Waals surface area contributed by atoms with E-state index in [2.05, 4.69) is 10.5 Å². The molecule has 0 bridgehead atoms. The van der Waals surface area contributed by atoms with Crippen molar-refractivity contribution < 1.29 is 18.8 Å². The average Bonchev–Trinajstić information content (AvgIpc) is 3.01. The van der Waals surface area contributed by atoms with Crippen LogP contribution in [0.25, 0.3) is 11.3 Å². The van der Waals surface area contributed by atoms with Crippen molar-refractivity contribution in [3.63, 3.8) is 0 Å². The minimum Gasteiger partial charge on any atom is -0.497 e. The van der Waals surface area contributed by atoms with Crippen LogP contribution >= 0.6 is 0 Å². The van der Waals surface area contributed by atoms with Crippen LogP contribution in [0, 0.1) is 0 Å². The zero-order valence-electron chi connectivity index (χ0n) is 14.6. The minimum absolute atomic E-state index is 0.0800. The molecule has 2 rings (SSSR count). The second-order valence-electron chi connectivity index (χ2n) is 5.71. The lowest BCUT2D eigenvalue weighted by Crippen LogP contribution is -2.40. The van der Waals surface area contributed by atoms with Gasteiger partial charge in [-0.2, -0.15) is 0 Å². The summed E-state index contributed by atoms with van der Waals surface area (Å²) in [5.74, 6) is 1.89. The number of amides is 2. The zero-order chi connectivity index (χ0) is 17.7. The van der Waals surface area contributed by atoms with Gasteiger partial charge < -0.3 is 24.2 Å². The summed E-state index contributed by atoms with van der Waals surface area (Å²) in [5, 5.41) is 6.86. The molecule has 0 unspecified atom stereocenters. The lowest BCUT2D eigenvalue weighted by Gasteiger charge is -2.18. The number of hydrogen-bond donors (Lipinski definition) is 1. The third-order valence-corrected chi connectivity index (χ3v) is 3.39. The second-order valence-corrected chi connectivity index (χ2v) is 5.71. The molecule has 24 heavy (non-hydrogen) atoms. The standard InChI is InChI=1S/C17H23N3O4/c1-11(2)18-17(21)20(3)10-12-8-16(24-19-12)14-7-6-13(22-4)9-15(14)23-5/h6-9,11H,10H2,1-5H3,(H,18,21). The van der Waals surface area contributed by atoms with E-state index in [9.17, 15) is 4.79 Å². The van der Waals surface area contributed by atoms with Gasteiger partial charge in [0.2, 0.25) is 0 Å². The number of ether oxygens (including phenoxy) is 2. The Bertz CT molecular complexity index is 697. The Labute approximate surface area is 141 Å². The fourth-order valence-corrected chi connectivity index (χ4v) is 2.19. The maximum atomic E-state index is 11.9. The molecule has 0 aliphatic carbocycles. The van der Waals surface area contributed by atoms with Gasteiger partial charge in [0, 0.05) is 25.2 Å². The fraction of sp³-hybridized carbons (Fsp3) is 0.412. The summed E-state index contributed by atoms with van der Waals surface area (Å²) in [7, 11) is 4.89. The summed E-state index contributed by atoms with van der Waals surface area (Å²) in [6.07, 6.45) is 0. The average molecular weight is 333 g/mol. The van der Waals surface area contributed by atoms with Crippen molar-refractivity contribution >= 4 is 6.03 Å². The Morgan fingerprint density at radius 3 is 2.67 bits per heavy atom. The molecule has 0 spiro atoms. The van der Waals surface area contributed by atoms with Gasteiger partial charge in [0.25, 0.3) is 0 Å². The number of urea groups is 1. The Hall–Kier alpha value is -2.70. The van der Waals surface area contributed by atoms with Gasteiger partial charge in [-0.25, -0.2) is 4.79 Å². The first kappa shape index (κ1) is 17.7. The number of rotatable bonds is 6. The molecule has 1 aromatic carbocycles. The monoisotopic (exact) mass is 333 g/mol. The molecule has 130 valence electrons. The van der Waals surface area contributed by atoms with Gasteiger partial charge in [0.1, 0.15) is 17.2 Å². The van der Waals surface area contributed by atoms with Gasteiger partial charge in [0.05, 0.1) is 26.3 Å². The Kier molecular flexibility index (Phi) is 5.68. The summed E-state index contributed by atoms with van der Waals surface area (Å²) < 4.78 is 16.0. The number of carbonyl (C=O) groups excluding carboxylic acids is 1. The lowest BCUT2D eigenvalue weighted by atomic mass is 10.1. The molecule has 1 N–H and O–H groups in total. The Morgan fingerprint density at radius 2 is 2.04 bits per heavy atom. The summed E-state index contributed by atoms with van der Waals surface area (Å²) in [6.45, 7) is 4.17. The molecule has 2 amide bonds. The normalized spacial score (nSPS) is 10.6. The van der Waals surface area contributed by atoms with E-state index in [1.807, 2.05) is 26.0 Å². The molecule has 0 aliphatic rings. The van der Waals surface area contributed by atoms with Crippen molar-refractivity contribution in [3.05, 3.63) is 30.0 Å². The SMILES string of the molecule is COc1ccc(-c2cc(CN(C)C(=O)NC(C)C)no2)c(OC)c1. The van der Waals surface area contributed by atoms with Gasteiger partial charge in [-0.15, -0.1) is 0 Å². The number of methoxy groups -OCH3 is 2. The van der Waals surface area contributed by atoms with E-state index in [1.165, 1.54) is 0 Å². The van der Waals surface area contributed by atoms with Gasteiger partial charge >= 0.3 is 6.03 Å². The van der Waals surface area contributed by atoms with E-state index in [0.717, 1.165) is 5.56 Å². The molecule has 0 aliphatic heterocycles. The van der Waals surface area contributed by atoms with E-state index >= 15 is 0 Å². The maximum absolute atomic E-state index is 11.9.